The van der Waals surface area contributed by atoms with Crippen molar-refractivity contribution < 1.29 is 19.1 Å². The third kappa shape index (κ3) is 4.55. The second-order valence-electron chi connectivity index (χ2n) is 8.86. The van der Waals surface area contributed by atoms with Crippen molar-refractivity contribution in [2.45, 2.75) is 57.1 Å². The van der Waals surface area contributed by atoms with Crippen molar-refractivity contribution in [3.63, 3.8) is 0 Å². The van der Waals surface area contributed by atoms with E-state index in [1.807, 2.05) is 0 Å². The summed E-state index contributed by atoms with van der Waals surface area (Å²) in [5.41, 5.74) is -0.0169. The van der Waals surface area contributed by atoms with Crippen LogP contribution in [0.3, 0.4) is 0 Å². The quantitative estimate of drug-likeness (QED) is 0.690. The molecular weight excluding hydrogens is 394 g/mol. The Morgan fingerprint density at radius 2 is 1.83 bits per heavy atom. The first-order chi connectivity index (χ1) is 13.8. The Hall–Kier alpha value is -2.15. The zero-order valence-electron chi connectivity index (χ0n) is 16.4. The number of pyridine rings is 1. The Kier molecular flexibility index (Phi) is 5.51. The van der Waals surface area contributed by atoms with Gasteiger partial charge in [0, 0.05) is 16.8 Å². The molecular formula is C21H26ClN3O4. The molecule has 0 aromatic carbocycles. The minimum Gasteiger partial charge on any atom is -0.451 e. The van der Waals surface area contributed by atoms with Crippen LogP contribution in [0.2, 0.25) is 5.02 Å². The highest BCUT2D eigenvalue weighted by atomic mass is 35.5. The van der Waals surface area contributed by atoms with Gasteiger partial charge in [-0.15, -0.1) is 0 Å². The summed E-state index contributed by atoms with van der Waals surface area (Å²) in [7, 11) is 0. The fourth-order valence-electron chi connectivity index (χ4n) is 5.69. The van der Waals surface area contributed by atoms with Crippen LogP contribution in [0.1, 0.15) is 55.9 Å². The largest absolute Gasteiger partial charge is 0.451 e. The standard InChI is InChI=1S/C21H26ClN3O4/c1-12(29-18(26)11-24-20(28)17-7-16(22)2-3-23-17)19(27)25-21-8-13-4-14(9-21)6-15(5-13)10-21/h2-3,7,12-15H,4-6,8-11H2,1H3,(H,24,28)(H,25,27)/t12-,13?,14?,15?,21?/m0/s1. The molecule has 0 unspecified atom stereocenters. The molecule has 7 nitrogen and oxygen atoms in total. The molecule has 4 saturated carbocycles. The maximum absolute atomic E-state index is 12.7. The first-order valence-corrected chi connectivity index (χ1v) is 10.6. The topological polar surface area (TPSA) is 97.4 Å². The van der Waals surface area contributed by atoms with Crippen LogP contribution in [0.5, 0.6) is 0 Å². The number of esters is 1. The molecule has 1 aromatic rings. The predicted molar refractivity (Wildman–Crippen MR) is 106 cm³/mol. The molecule has 2 N–H and O–H groups in total. The number of hydrogen-bond donors (Lipinski definition) is 2. The summed E-state index contributed by atoms with van der Waals surface area (Å²) in [4.78, 5) is 40.6. The lowest BCUT2D eigenvalue weighted by atomic mass is 9.53. The van der Waals surface area contributed by atoms with E-state index in [-0.39, 0.29) is 23.7 Å². The summed E-state index contributed by atoms with van der Waals surface area (Å²) >= 11 is 5.83. The summed E-state index contributed by atoms with van der Waals surface area (Å²) in [5.74, 6) is 0.686. The van der Waals surface area contributed by atoms with Crippen LogP contribution >= 0.6 is 11.6 Å². The molecule has 4 fully saturated rings. The van der Waals surface area contributed by atoms with Crippen molar-refractivity contribution >= 4 is 29.4 Å². The maximum Gasteiger partial charge on any atom is 0.326 e. The zero-order valence-corrected chi connectivity index (χ0v) is 17.2. The van der Waals surface area contributed by atoms with Crippen molar-refractivity contribution in [2.75, 3.05) is 6.54 Å². The average Bonchev–Trinajstić information content (AvgIpc) is 2.64. The van der Waals surface area contributed by atoms with Crippen LogP contribution < -0.4 is 10.6 Å². The third-order valence-electron chi connectivity index (χ3n) is 6.45. The molecule has 4 aliphatic rings. The first kappa shape index (κ1) is 20.1. The van der Waals surface area contributed by atoms with E-state index in [1.54, 1.807) is 13.0 Å². The van der Waals surface area contributed by atoms with Crippen molar-refractivity contribution in [1.82, 2.24) is 15.6 Å². The van der Waals surface area contributed by atoms with Gasteiger partial charge in [0.25, 0.3) is 11.8 Å². The van der Waals surface area contributed by atoms with Gasteiger partial charge in [-0.1, -0.05) is 11.6 Å². The van der Waals surface area contributed by atoms with Crippen LogP contribution in [0.4, 0.5) is 0 Å². The van der Waals surface area contributed by atoms with E-state index >= 15 is 0 Å². The van der Waals surface area contributed by atoms with E-state index in [2.05, 4.69) is 15.6 Å². The number of amides is 2. The highest BCUT2D eigenvalue weighted by molar-refractivity contribution is 6.30. The molecule has 2 amide bonds. The van der Waals surface area contributed by atoms with Crippen molar-refractivity contribution in [2.24, 2.45) is 17.8 Å². The number of nitrogens with zero attached hydrogens (tertiary/aromatic N) is 1. The smallest absolute Gasteiger partial charge is 0.326 e. The molecule has 4 bridgehead atoms. The van der Waals surface area contributed by atoms with Crippen LogP contribution in [-0.2, 0) is 14.3 Å². The molecule has 8 heteroatoms. The molecule has 29 heavy (non-hydrogen) atoms. The number of carbonyl (C=O) groups is 3. The number of hydrogen-bond acceptors (Lipinski definition) is 5. The van der Waals surface area contributed by atoms with E-state index < -0.39 is 18.0 Å². The molecule has 4 aliphatic carbocycles. The summed E-state index contributed by atoms with van der Waals surface area (Å²) in [5, 5.41) is 6.01. The number of rotatable bonds is 6. The second-order valence-corrected chi connectivity index (χ2v) is 9.30. The molecule has 5 rings (SSSR count). The Bertz CT molecular complexity index is 793. The molecule has 1 heterocycles. The number of aromatic nitrogens is 1. The van der Waals surface area contributed by atoms with Gasteiger partial charge in [-0.2, -0.15) is 0 Å². The van der Waals surface area contributed by atoms with E-state index in [4.69, 9.17) is 16.3 Å². The van der Waals surface area contributed by atoms with Gasteiger partial charge in [-0.05, 0) is 75.3 Å². The lowest BCUT2D eigenvalue weighted by molar-refractivity contribution is -0.155. The van der Waals surface area contributed by atoms with E-state index in [9.17, 15) is 14.4 Å². The van der Waals surface area contributed by atoms with Gasteiger partial charge in [0.2, 0.25) is 0 Å². The number of halogens is 1. The molecule has 1 atom stereocenters. The number of ether oxygens (including phenoxy) is 1. The fourth-order valence-corrected chi connectivity index (χ4v) is 5.85. The third-order valence-corrected chi connectivity index (χ3v) is 6.69. The predicted octanol–water partition coefficient (Wildman–Crippen LogP) is 2.48. The number of nitrogens with one attached hydrogen (secondary N) is 2. The fraction of sp³-hybridized carbons (Fsp3) is 0.619. The van der Waals surface area contributed by atoms with Crippen molar-refractivity contribution in [1.29, 1.82) is 0 Å². The summed E-state index contributed by atoms with van der Waals surface area (Å²) in [6.07, 6.45) is 7.49. The Balaban J connectivity index is 1.25. The van der Waals surface area contributed by atoms with E-state index in [0.717, 1.165) is 37.0 Å². The minimum atomic E-state index is -0.906. The van der Waals surface area contributed by atoms with Gasteiger partial charge in [-0.25, -0.2) is 0 Å². The van der Waals surface area contributed by atoms with Crippen LogP contribution in [-0.4, -0.2) is 41.0 Å². The van der Waals surface area contributed by atoms with Crippen LogP contribution in [0.25, 0.3) is 0 Å². The summed E-state index contributed by atoms with van der Waals surface area (Å²) < 4.78 is 5.22. The van der Waals surface area contributed by atoms with Crippen molar-refractivity contribution in [3.8, 4) is 0 Å². The van der Waals surface area contributed by atoms with Crippen LogP contribution in [0.15, 0.2) is 18.3 Å². The Morgan fingerprint density at radius 3 is 2.41 bits per heavy atom. The molecule has 0 aliphatic heterocycles. The lowest BCUT2D eigenvalue weighted by Gasteiger charge is -2.57. The molecule has 0 radical (unpaired) electrons. The maximum atomic E-state index is 12.7. The molecule has 1 aromatic heterocycles. The second kappa shape index (κ2) is 7.94. The van der Waals surface area contributed by atoms with Gasteiger partial charge in [0.1, 0.15) is 12.2 Å². The highest BCUT2D eigenvalue weighted by Gasteiger charge is 2.51. The van der Waals surface area contributed by atoms with Crippen LogP contribution in [0, 0.1) is 17.8 Å². The number of carbonyl (C=O) groups excluding carboxylic acids is 3. The zero-order chi connectivity index (χ0) is 20.6. The van der Waals surface area contributed by atoms with E-state index in [0.29, 0.717) is 5.02 Å². The summed E-state index contributed by atoms with van der Waals surface area (Å²) in [6.45, 7) is 1.22. The minimum absolute atomic E-state index is 0.109. The monoisotopic (exact) mass is 419 g/mol. The average molecular weight is 420 g/mol. The summed E-state index contributed by atoms with van der Waals surface area (Å²) in [6, 6.07) is 2.96. The highest BCUT2D eigenvalue weighted by Crippen LogP contribution is 2.55. The Morgan fingerprint density at radius 1 is 1.21 bits per heavy atom. The molecule has 0 spiro atoms. The Labute approximate surface area is 174 Å². The van der Waals surface area contributed by atoms with Gasteiger partial charge in [0.15, 0.2) is 6.10 Å². The first-order valence-electron chi connectivity index (χ1n) is 10.2. The molecule has 0 saturated heterocycles. The van der Waals surface area contributed by atoms with Crippen molar-refractivity contribution in [3.05, 3.63) is 29.0 Å². The van der Waals surface area contributed by atoms with Gasteiger partial charge >= 0.3 is 5.97 Å². The normalized spacial score (nSPS) is 30.5. The SMILES string of the molecule is C[C@H](OC(=O)CNC(=O)c1cc(Cl)ccn1)C(=O)NC12CC3CC(CC(C3)C1)C2. The van der Waals surface area contributed by atoms with Gasteiger partial charge < -0.3 is 15.4 Å². The van der Waals surface area contributed by atoms with Gasteiger partial charge in [0.05, 0.1) is 0 Å². The van der Waals surface area contributed by atoms with E-state index in [1.165, 1.54) is 31.5 Å². The lowest BCUT2D eigenvalue weighted by Crippen LogP contribution is -2.61. The van der Waals surface area contributed by atoms with Gasteiger partial charge in [-0.3, -0.25) is 19.4 Å². The molecule has 156 valence electrons.